The van der Waals surface area contributed by atoms with Gasteiger partial charge in [0.05, 0.1) is 0 Å². The van der Waals surface area contributed by atoms with Crippen LogP contribution in [0.25, 0.3) is 10.8 Å². The maximum Gasteiger partial charge on any atom is 0.0122 e. The van der Waals surface area contributed by atoms with Crippen LogP contribution in [-0.2, 0) is 6.42 Å². The molecule has 1 atom stereocenters. The minimum Gasteiger partial charge on any atom is -0.0654 e. The average molecular weight is 199 g/mol. The van der Waals surface area contributed by atoms with Crippen LogP contribution in [-0.4, -0.2) is 10.2 Å². The maximum absolute atomic E-state index is 2.28. The zero-order valence-corrected chi connectivity index (χ0v) is 9.95. The second kappa shape index (κ2) is 3.97. The summed E-state index contributed by atoms with van der Waals surface area (Å²) in [6.07, 6.45) is 1.18. The molecule has 0 aromatic heterocycles. The molecule has 0 spiro atoms. The first-order chi connectivity index (χ1) is 6.77. The van der Waals surface area contributed by atoms with Gasteiger partial charge in [-0.25, -0.2) is 0 Å². The number of hydrogen-bond acceptors (Lipinski definition) is 0. The standard InChI is InChI=1S/C13H15Si/c1-10(14)9-12-7-4-6-11-5-2-3-8-13(11)12/h2-8,10H,9,14H2,1H3. The molecule has 1 heteroatoms. The first-order valence-electron chi connectivity index (χ1n) is 5.07. The Kier molecular flexibility index (Phi) is 2.68. The van der Waals surface area contributed by atoms with Gasteiger partial charge in [0.25, 0.3) is 0 Å². The third kappa shape index (κ3) is 1.88. The lowest BCUT2D eigenvalue weighted by Gasteiger charge is -2.08. The zero-order chi connectivity index (χ0) is 9.97. The van der Waals surface area contributed by atoms with Crippen LogP contribution >= 0.6 is 0 Å². The summed E-state index contributed by atoms with van der Waals surface area (Å²) < 4.78 is 0. The van der Waals surface area contributed by atoms with Crippen molar-refractivity contribution in [1.29, 1.82) is 0 Å². The fraction of sp³-hybridized carbons (Fsp3) is 0.231. The van der Waals surface area contributed by atoms with Gasteiger partial charge in [0.1, 0.15) is 0 Å². The molecule has 0 nitrogen and oxygen atoms in total. The molecule has 71 valence electrons. The van der Waals surface area contributed by atoms with E-state index in [1.165, 1.54) is 22.8 Å². The molecular weight excluding hydrogens is 184 g/mol. The van der Waals surface area contributed by atoms with Crippen molar-refractivity contribution in [1.82, 2.24) is 0 Å². The normalized spacial score (nSPS) is 13.0. The molecule has 0 bridgehead atoms. The predicted octanol–water partition coefficient (Wildman–Crippen LogP) is 2.82. The molecule has 2 aromatic carbocycles. The average Bonchev–Trinajstić information content (AvgIpc) is 2.18. The smallest absolute Gasteiger partial charge is 0.0122 e. The third-order valence-corrected chi connectivity index (χ3v) is 2.74. The minimum atomic E-state index is 0.751. The molecule has 0 N–H and O–H groups in total. The molecular formula is C13H15Si. The number of fused-ring (bicyclic) bond motifs is 1. The van der Waals surface area contributed by atoms with Gasteiger partial charge in [-0.2, -0.15) is 0 Å². The van der Waals surface area contributed by atoms with Crippen molar-refractivity contribution < 1.29 is 0 Å². The second-order valence-electron chi connectivity index (χ2n) is 3.95. The lowest BCUT2D eigenvalue weighted by atomic mass is 10.0. The summed E-state index contributed by atoms with van der Waals surface area (Å²) in [6, 6.07) is 15.2. The van der Waals surface area contributed by atoms with Gasteiger partial charge in [-0.3, -0.25) is 0 Å². The Bertz CT molecular complexity index is 427. The van der Waals surface area contributed by atoms with Gasteiger partial charge in [-0.15, -0.1) is 0 Å². The van der Waals surface area contributed by atoms with Crippen LogP contribution in [0.3, 0.4) is 0 Å². The summed E-state index contributed by atoms with van der Waals surface area (Å²) in [5, 5.41) is 2.77. The van der Waals surface area contributed by atoms with Gasteiger partial charge in [-0.05, 0) is 22.8 Å². The molecule has 0 aliphatic rings. The van der Waals surface area contributed by atoms with Gasteiger partial charge in [-0.1, -0.05) is 54.9 Å². The van der Waals surface area contributed by atoms with E-state index in [9.17, 15) is 0 Å². The summed E-state index contributed by atoms with van der Waals surface area (Å²) in [6.45, 7) is 2.28. The predicted molar refractivity (Wildman–Crippen MR) is 65.6 cm³/mol. The number of benzene rings is 2. The Morgan fingerprint density at radius 2 is 1.79 bits per heavy atom. The van der Waals surface area contributed by atoms with Crippen LogP contribution in [0.1, 0.15) is 12.5 Å². The molecule has 0 saturated heterocycles. The summed E-state index contributed by atoms with van der Waals surface area (Å²) >= 11 is 0. The van der Waals surface area contributed by atoms with Crippen LogP contribution in [0.15, 0.2) is 42.5 Å². The summed E-state index contributed by atoms with van der Waals surface area (Å²) in [4.78, 5) is 0. The van der Waals surface area contributed by atoms with E-state index in [0.717, 1.165) is 5.54 Å². The van der Waals surface area contributed by atoms with E-state index in [-0.39, 0.29) is 0 Å². The molecule has 14 heavy (non-hydrogen) atoms. The van der Waals surface area contributed by atoms with E-state index in [1.54, 1.807) is 0 Å². The van der Waals surface area contributed by atoms with Gasteiger partial charge in [0.2, 0.25) is 0 Å². The molecule has 0 amide bonds. The Balaban J connectivity index is 2.53. The molecule has 0 fully saturated rings. The molecule has 1 unspecified atom stereocenters. The Morgan fingerprint density at radius 3 is 2.57 bits per heavy atom. The topological polar surface area (TPSA) is 0 Å². The Hall–Kier alpha value is -1.08. The van der Waals surface area contributed by atoms with Crippen molar-refractivity contribution >= 4 is 21.0 Å². The van der Waals surface area contributed by atoms with Crippen molar-refractivity contribution in [2.75, 3.05) is 0 Å². The van der Waals surface area contributed by atoms with E-state index in [1.807, 2.05) is 0 Å². The van der Waals surface area contributed by atoms with Crippen LogP contribution < -0.4 is 0 Å². The van der Waals surface area contributed by atoms with Crippen LogP contribution in [0.4, 0.5) is 0 Å². The first kappa shape index (κ1) is 9.47. The highest BCUT2D eigenvalue weighted by Gasteiger charge is 2.01. The van der Waals surface area contributed by atoms with Gasteiger partial charge >= 0.3 is 0 Å². The number of hydrogen-bond donors (Lipinski definition) is 0. The van der Waals surface area contributed by atoms with Crippen molar-refractivity contribution in [2.45, 2.75) is 18.9 Å². The van der Waals surface area contributed by atoms with Crippen molar-refractivity contribution in [2.24, 2.45) is 0 Å². The fourth-order valence-corrected chi connectivity index (χ4v) is 2.16. The molecule has 2 rings (SSSR count). The van der Waals surface area contributed by atoms with E-state index in [2.05, 4.69) is 59.6 Å². The van der Waals surface area contributed by atoms with Crippen LogP contribution in [0.5, 0.6) is 0 Å². The van der Waals surface area contributed by atoms with E-state index in [0.29, 0.717) is 0 Å². The molecule has 2 aromatic rings. The highest BCUT2D eigenvalue weighted by atomic mass is 28.1. The zero-order valence-electron chi connectivity index (χ0n) is 8.53. The summed E-state index contributed by atoms with van der Waals surface area (Å²) in [5.41, 5.74) is 2.23. The maximum atomic E-state index is 2.28. The highest BCUT2D eigenvalue weighted by molar-refractivity contribution is 6.11. The minimum absolute atomic E-state index is 0.751. The fourth-order valence-electron chi connectivity index (χ4n) is 1.85. The quantitative estimate of drug-likeness (QED) is 0.652. The second-order valence-corrected chi connectivity index (χ2v) is 5.34. The van der Waals surface area contributed by atoms with E-state index in [4.69, 9.17) is 0 Å². The highest BCUT2D eigenvalue weighted by Crippen LogP contribution is 2.21. The number of rotatable bonds is 2. The molecule has 0 heterocycles. The summed E-state index contributed by atoms with van der Waals surface area (Å²) in [5.74, 6) is 0. The van der Waals surface area contributed by atoms with Crippen molar-refractivity contribution in [3.63, 3.8) is 0 Å². The Morgan fingerprint density at radius 1 is 1.07 bits per heavy atom. The summed E-state index contributed by atoms with van der Waals surface area (Å²) in [7, 11) is 2.07. The molecule has 0 aliphatic carbocycles. The van der Waals surface area contributed by atoms with Crippen molar-refractivity contribution in [3.05, 3.63) is 48.0 Å². The van der Waals surface area contributed by atoms with Gasteiger partial charge < -0.3 is 0 Å². The van der Waals surface area contributed by atoms with E-state index >= 15 is 0 Å². The van der Waals surface area contributed by atoms with Crippen LogP contribution in [0.2, 0.25) is 5.54 Å². The monoisotopic (exact) mass is 199 g/mol. The SMILES string of the molecule is CC([SiH2])Cc1cccc2ccccc12. The van der Waals surface area contributed by atoms with E-state index < -0.39 is 0 Å². The van der Waals surface area contributed by atoms with Gasteiger partial charge in [0, 0.05) is 10.2 Å². The molecule has 1 radical (unpaired) electrons. The first-order valence-corrected chi connectivity index (χ1v) is 5.89. The lowest BCUT2D eigenvalue weighted by Crippen LogP contribution is -1.93. The lowest BCUT2D eigenvalue weighted by molar-refractivity contribution is 0.923. The largest absolute Gasteiger partial charge is 0.0654 e. The van der Waals surface area contributed by atoms with Crippen molar-refractivity contribution in [3.8, 4) is 0 Å². The molecule has 0 saturated carbocycles. The Labute approximate surface area is 88.4 Å². The molecule has 0 aliphatic heterocycles. The van der Waals surface area contributed by atoms with Gasteiger partial charge in [0.15, 0.2) is 0 Å². The third-order valence-electron chi connectivity index (χ3n) is 2.45. The van der Waals surface area contributed by atoms with Crippen LogP contribution in [0, 0.1) is 0 Å².